The lowest BCUT2D eigenvalue weighted by molar-refractivity contribution is -0.139. The highest BCUT2D eigenvalue weighted by atomic mass is 19.1. The molecular weight excluding hydrogens is 263 g/mol. The average Bonchev–Trinajstić information content (AvgIpc) is 3.08. The second-order valence-corrected chi connectivity index (χ2v) is 4.78. The van der Waals surface area contributed by atoms with E-state index in [0.717, 1.165) is 0 Å². The molecule has 1 aromatic carbocycles. The Labute approximate surface area is 114 Å². The van der Waals surface area contributed by atoms with Gasteiger partial charge in [0.05, 0.1) is 12.2 Å². The number of benzene rings is 1. The molecule has 0 aliphatic carbocycles. The summed E-state index contributed by atoms with van der Waals surface area (Å²) in [5.74, 6) is -1.19. The molecule has 0 spiro atoms. The zero-order valence-corrected chi connectivity index (χ0v) is 10.5. The minimum atomic E-state index is -0.863. The van der Waals surface area contributed by atoms with Crippen LogP contribution in [-0.2, 0) is 4.79 Å². The molecule has 104 valence electrons. The largest absolute Gasteiger partial charge is 0.480 e. The van der Waals surface area contributed by atoms with Gasteiger partial charge in [-0.2, -0.15) is 0 Å². The number of hydrogen-bond acceptors (Lipinski definition) is 4. The number of aliphatic carboxylic acids is 1. The normalized spacial score (nSPS) is 22.1. The van der Waals surface area contributed by atoms with Crippen LogP contribution in [-0.4, -0.2) is 38.7 Å². The van der Waals surface area contributed by atoms with Gasteiger partial charge in [0.25, 0.3) is 0 Å². The van der Waals surface area contributed by atoms with Crippen molar-refractivity contribution in [1.82, 2.24) is 20.3 Å². The minimum Gasteiger partial charge on any atom is -0.480 e. The predicted octanol–water partition coefficient (Wildman–Crippen LogP) is 1.07. The number of nitrogens with zero attached hydrogens (tertiary/aromatic N) is 3. The summed E-state index contributed by atoms with van der Waals surface area (Å²) in [6, 6.07) is 5.52. The summed E-state index contributed by atoms with van der Waals surface area (Å²) in [6.45, 7) is 0.531. The molecule has 0 amide bonds. The zero-order chi connectivity index (χ0) is 14.1. The Morgan fingerprint density at radius 2 is 2.35 bits per heavy atom. The molecule has 2 N–H and O–H groups in total. The molecule has 1 aliphatic rings. The molecule has 2 atom stereocenters. The molecule has 0 bridgehead atoms. The van der Waals surface area contributed by atoms with E-state index in [1.54, 1.807) is 23.0 Å². The summed E-state index contributed by atoms with van der Waals surface area (Å²) in [7, 11) is 0. The Morgan fingerprint density at radius 1 is 1.50 bits per heavy atom. The van der Waals surface area contributed by atoms with Crippen LogP contribution in [0.25, 0.3) is 11.3 Å². The lowest BCUT2D eigenvalue weighted by Gasteiger charge is -2.07. The van der Waals surface area contributed by atoms with Gasteiger partial charge in [-0.3, -0.25) is 4.79 Å². The fraction of sp³-hybridized carbons (Fsp3) is 0.308. The Morgan fingerprint density at radius 3 is 3.05 bits per heavy atom. The molecule has 20 heavy (non-hydrogen) atoms. The first-order valence-corrected chi connectivity index (χ1v) is 6.27. The van der Waals surface area contributed by atoms with Crippen molar-refractivity contribution in [3.05, 3.63) is 36.3 Å². The fourth-order valence-electron chi connectivity index (χ4n) is 2.34. The van der Waals surface area contributed by atoms with Gasteiger partial charge in [-0.25, -0.2) is 9.07 Å². The third-order valence-corrected chi connectivity index (χ3v) is 3.41. The predicted molar refractivity (Wildman–Crippen MR) is 68.5 cm³/mol. The first-order chi connectivity index (χ1) is 9.63. The third-order valence-electron chi connectivity index (χ3n) is 3.41. The summed E-state index contributed by atoms with van der Waals surface area (Å²) >= 11 is 0. The standard InChI is InChI=1S/C13H13FN4O2/c14-9-3-1-2-8(4-9)12-7-18(17-16-12)10-5-11(13(19)20)15-6-10/h1-4,7,10-11,15H,5-6H2,(H,19,20)/t10-,11-/m0/s1. The Hall–Kier alpha value is -2.28. The van der Waals surface area contributed by atoms with Crippen LogP contribution in [0.15, 0.2) is 30.5 Å². The lowest BCUT2D eigenvalue weighted by atomic mass is 10.1. The first kappa shape index (κ1) is 12.7. The van der Waals surface area contributed by atoms with E-state index in [1.807, 2.05) is 0 Å². The van der Waals surface area contributed by atoms with Gasteiger partial charge in [-0.1, -0.05) is 17.3 Å². The van der Waals surface area contributed by atoms with Crippen LogP contribution in [0, 0.1) is 5.82 Å². The molecule has 7 heteroatoms. The topological polar surface area (TPSA) is 80.0 Å². The highest BCUT2D eigenvalue weighted by molar-refractivity contribution is 5.73. The molecule has 0 unspecified atom stereocenters. The SMILES string of the molecule is O=C(O)[C@@H]1C[C@H](n2cc(-c3cccc(F)c3)nn2)CN1. The van der Waals surface area contributed by atoms with Gasteiger partial charge < -0.3 is 10.4 Å². The number of halogens is 1. The van der Waals surface area contributed by atoms with Crippen molar-refractivity contribution in [2.75, 3.05) is 6.54 Å². The molecule has 0 radical (unpaired) electrons. The summed E-state index contributed by atoms with van der Waals surface area (Å²) in [5.41, 5.74) is 1.22. The molecule has 3 rings (SSSR count). The summed E-state index contributed by atoms with van der Waals surface area (Å²) in [4.78, 5) is 10.9. The van der Waals surface area contributed by atoms with Crippen LogP contribution in [0.3, 0.4) is 0 Å². The van der Waals surface area contributed by atoms with Crippen molar-refractivity contribution in [1.29, 1.82) is 0 Å². The highest BCUT2D eigenvalue weighted by Crippen LogP contribution is 2.22. The fourth-order valence-corrected chi connectivity index (χ4v) is 2.34. The minimum absolute atomic E-state index is 0.0501. The summed E-state index contributed by atoms with van der Waals surface area (Å²) < 4.78 is 14.8. The van der Waals surface area contributed by atoms with Crippen molar-refractivity contribution in [3.63, 3.8) is 0 Å². The molecule has 1 saturated heterocycles. The maximum absolute atomic E-state index is 13.2. The van der Waals surface area contributed by atoms with E-state index < -0.39 is 12.0 Å². The van der Waals surface area contributed by atoms with E-state index in [0.29, 0.717) is 24.2 Å². The van der Waals surface area contributed by atoms with Crippen molar-refractivity contribution >= 4 is 5.97 Å². The van der Waals surface area contributed by atoms with Crippen LogP contribution in [0.2, 0.25) is 0 Å². The molecule has 1 aromatic heterocycles. The number of carboxylic acids is 1. The van der Waals surface area contributed by atoms with Gasteiger partial charge in [-0.05, 0) is 18.6 Å². The molecule has 2 heterocycles. The quantitative estimate of drug-likeness (QED) is 0.876. The first-order valence-electron chi connectivity index (χ1n) is 6.27. The molecule has 1 fully saturated rings. The van der Waals surface area contributed by atoms with Crippen LogP contribution in [0.5, 0.6) is 0 Å². The van der Waals surface area contributed by atoms with Crippen LogP contribution >= 0.6 is 0 Å². The summed E-state index contributed by atoms with van der Waals surface area (Å²) in [5, 5.41) is 19.9. The highest BCUT2D eigenvalue weighted by Gasteiger charge is 2.30. The van der Waals surface area contributed by atoms with E-state index in [-0.39, 0.29) is 11.9 Å². The molecular formula is C13H13FN4O2. The van der Waals surface area contributed by atoms with Gasteiger partial charge in [0.2, 0.25) is 0 Å². The van der Waals surface area contributed by atoms with Crippen LogP contribution in [0.1, 0.15) is 12.5 Å². The Bertz CT molecular complexity index is 643. The molecule has 6 nitrogen and oxygen atoms in total. The van der Waals surface area contributed by atoms with E-state index in [9.17, 15) is 9.18 Å². The number of rotatable bonds is 3. The molecule has 1 aliphatic heterocycles. The second-order valence-electron chi connectivity index (χ2n) is 4.78. The van der Waals surface area contributed by atoms with Gasteiger partial charge >= 0.3 is 5.97 Å². The monoisotopic (exact) mass is 276 g/mol. The lowest BCUT2D eigenvalue weighted by Crippen LogP contribution is -2.29. The number of hydrogen-bond donors (Lipinski definition) is 2. The summed E-state index contributed by atoms with van der Waals surface area (Å²) in [6.07, 6.45) is 2.17. The third kappa shape index (κ3) is 2.39. The van der Waals surface area contributed by atoms with Gasteiger partial charge in [0.15, 0.2) is 0 Å². The zero-order valence-electron chi connectivity index (χ0n) is 10.5. The van der Waals surface area contributed by atoms with Crippen molar-refractivity contribution in [3.8, 4) is 11.3 Å². The van der Waals surface area contributed by atoms with Gasteiger partial charge in [-0.15, -0.1) is 5.10 Å². The average molecular weight is 276 g/mol. The molecule has 2 aromatic rings. The molecule has 0 saturated carbocycles. The maximum atomic E-state index is 13.2. The Kier molecular flexibility index (Phi) is 3.19. The van der Waals surface area contributed by atoms with Gasteiger partial charge in [0, 0.05) is 12.1 Å². The maximum Gasteiger partial charge on any atom is 0.320 e. The smallest absolute Gasteiger partial charge is 0.320 e. The number of aromatic nitrogens is 3. The van der Waals surface area contributed by atoms with E-state index in [4.69, 9.17) is 5.11 Å². The number of carbonyl (C=O) groups is 1. The van der Waals surface area contributed by atoms with E-state index in [2.05, 4.69) is 15.6 Å². The van der Waals surface area contributed by atoms with Crippen LogP contribution < -0.4 is 5.32 Å². The number of nitrogens with one attached hydrogen (secondary N) is 1. The van der Waals surface area contributed by atoms with Crippen LogP contribution in [0.4, 0.5) is 4.39 Å². The Balaban J connectivity index is 1.79. The van der Waals surface area contributed by atoms with E-state index >= 15 is 0 Å². The van der Waals surface area contributed by atoms with Gasteiger partial charge in [0.1, 0.15) is 17.6 Å². The number of carboxylic acid groups (broad SMARTS) is 1. The van der Waals surface area contributed by atoms with Crippen molar-refractivity contribution < 1.29 is 14.3 Å². The van der Waals surface area contributed by atoms with Crippen molar-refractivity contribution in [2.45, 2.75) is 18.5 Å². The van der Waals surface area contributed by atoms with Crippen molar-refractivity contribution in [2.24, 2.45) is 0 Å². The second kappa shape index (κ2) is 5.01. The van der Waals surface area contributed by atoms with E-state index in [1.165, 1.54) is 12.1 Å².